The first-order valence-electron chi connectivity index (χ1n) is 7.07. The highest BCUT2D eigenvalue weighted by Gasteiger charge is 2.19. The summed E-state index contributed by atoms with van der Waals surface area (Å²) in [5.41, 5.74) is 3.98. The number of alkyl halides is 1. The van der Waals surface area contributed by atoms with E-state index in [1.54, 1.807) is 6.07 Å². The Labute approximate surface area is 142 Å². The van der Waals surface area contributed by atoms with Gasteiger partial charge in [-0.25, -0.2) is 4.21 Å². The van der Waals surface area contributed by atoms with Crippen molar-refractivity contribution in [2.24, 2.45) is 0 Å². The summed E-state index contributed by atoms with van der Waals surface area (Å²) in [5, 5.41) is 0.969. The fourth-order valence-electron chi connectivity index (χ4n) is 2.40. The van der Waals surface area contributed by atoms with Gasteiger partial charge in [0.05, 0.1) is 5.69 Å². The summed E-state index contributed by atoms with van der Waals surface area (Å²) in [6.07, 6.45) is 1.06. The first-order chi connectivity index (χ1) is 10.4. The van der Waals surface area contributed by atoms with Crippen LogP contribution in [0.4, 0.5) is 5.69 Å². The number of anilines is 1. The van der Waals surface area contributed by atoms with E-state index in [4.69, 9.17) is 4.55 Å². The maximum Gasteiger partial charge on any atom is 0.259 e. The summed E-state index contributed by atoms with van der Waals surface area (Å²) >= 11 is 1.43. The smallest absolute Gasteiger partial charge is 0.259 e. The Morgan fingerprint density at radius 2 is 1.77 bits per heavy atom. The molecule has 5 heteroatoms. The highest BCUT2D eigenvalue weighted by atomic mass is 79.9. The van der Waals surface area contributed by atoms with E-state index in [-0.39, 0.29) is 5.41 Å². The van der Waals surface area contributed by atoms with Gasteiger partial charge in [0, 0.05) is 10.9 Å². The van der Waals surface area contributed by atoms with E-state index >= 15 is 0 Å². The monoisotopic (exact) mass is 381 g/mol. The number of hydrogen-bond donors (Lipinski definition) is 2. The molecule has 2 aromatic rings. The van der Waals surface area contributed by atoms with Crippen molar-refractivity contribution in [1.29, 1.82) is 0 Å². The minimum atomic E-state index is -2.08. The summed E-state index contributed by atoms with van der Waals surface area (Å²) in [6.45, 7) is 4.46. The predicted molar refractivity (Wildman–Crippen MR) is 97.7 cm³/mol. The first-order valence-corrected chi connectivity index (χ1v) is 9.30. The van der Waals surface area contributed by atoms with Gasteiger partial charge in [0.15, 0.2) is 0 Å². The molecule has 0 aliphatic rings. The second kappa shape index (κ2) is 7.40. The number of hydrogen-bond acceptors (Lipinski definition) is 1. The van der Waals surface area contributed by atoms with Crippen LogP contribution in [0.25, 0.3) is 11.1 Å². The molecule has 2 N–H and O–H groups in total. The Balaban J connectivity index is 2.33. The molecule has 0 saturated heterocycles. The lowest BCUT2D eigenvalue weighted by Crippen LogP contribution is -2.17. The zero-order chi connectivity index (χ0) is 16.2. The van der Waals surface area contributed by atoms with E-state index in [0.29, 0.717) is 5.69 Å². The van der Waals surface area contributed by atoms with Crippen LogP contribution in [0, 0.1) is 0 Å². The number of para-hydroxylation sites is 1. The summed E-state index contributed by atoms with van der Waals surface area (Å²) in [6, 6.07) is 15.9. The Hall–Kier alpha value is -1.17. The van der Waals surface area contributed by atoms with E-state index in [1.165, 1.54) is 5.56 Å². The Bertz CT molecular complexity index is 656. The van der Waals surface area contributed by atoms with Gasteiger partial charge >= 0.3 is 0 Å². The minimum absolute atomic E-state index is 0.117. The van der Waals surface area contributed by atoms with E-state index in [2.05, 4.69) is 58.8 Å². The van der Waals surface area contributed by atoms with Gasteiger partial charge in [-0.05, 0) is 29.0 Å². The Morgan fingerprint density at radius 1 is 1.14 bits per heavy atom. The van der Waals surface area contributed by atoms with Gasteiger partial charge < -0.3 is 0 Å². The van der Waals surface area contributed by atoms with Gasteiger partial charge in [0.1, 0.15) is 0 Å². The topological polar surface area (TPSA) is 49.3 Å². The number of benzene rings is 2. The molecular weight excluding hydrogens is 362 g/mol. The summed E-state index contributed by atoms with van der Waals surface area (Å²) in [7, 11) is 0. The molecule has 0 aliphatic heterocycles. The van der Waals surface area contributed by atoms with Gasteiger partial charge in [0.25, 0.3) is 11.3 Å². The molecule has 0 amide bonds. The molecule has 3 nitrogen and oxygen atoms in total. The van der Waals surface area contributed by atoms with Gasteiger partial charge in [-0.3, -0.25) is 9.27 Å². The Morgan fingerprint density at radius 3 is 2.36 bits per heavy atom. The van der Waals surface area contributed by atoms with Crippen molar-refractivity contribution in [3.63, 3.8) is 0 Å². The normalized spacial score (nSPS) is 12.9. The van der Waals surface area contributed by atoms with Gasteiger partial charge in [-0.15, -0.1) is 0 Å². The third-order valence-corrected chi connectivity index (χ3v) is 4.61. The molecule has 2 aromatic carbocycles. The molecule has 0 radical (unpaired) electrons. The maximum absolute atomic E-state index is 11.0. The number of rotatable bonds is 6. The van der Waals surface area contributed by atoms with Crippen LogP contribution in [-0.2, 0) is 16.7 Å². The molecule has 0 bridgehead atoms. The van der Waals surface area contributed by atoms with Crippen LogP contribution in [0.1, 0.15) is 25.8 Å². The first kappa shape index (κ1) is 17.2. The average molecular weight is 382 g/mol. The third kappa shape index (κ3) is 4.18. The summed E-state index contributed by atoms with van der Waals surface area (Å²) < 4.78 is 22.6. The lowest BCUT2D eigenvalue weighted by molar-refractivity contribution is 0.512. The standard InChI is InChI=1S/C17H20BrNO2S/c1-17(2,11-12-18)14-9-7-13(8-10-14)15-5-3-4-6-16(15)19-22(20)21/h3-10,19H,11-12H2,1-2H3,(H,20,21). The van der Waals surface area contributed by atoms with Crippen molar-refractivity contribution in [2.45, 2.75) is 25.7 Å². The fourth-order valence-corrected chi connectivity index (χ4v) is 3.76. The third-order valence-electron chi connectivity index (χ3n) is 3.82. The average Bonchev–Trinajstić information content (AvgIpc) is 2.47. The lowest BCUT2D eigenvalue weighted by atomic mass is 9.82. The summed E-state index contributed by atoms with van der Waals surface area (Å²) in [4.78, 5) is 0. The predicted octanol–water partition coefficient (Wildman–Crippen LogP) is 4.96. The molecule has 22 heavy (non-hydrogen) atoms. The molecule has 0 spiro atoms. The number of nitrogens with one attached hydrogen (secondary N) is 1. The molecule has 2 rings (SSSR count). The highest BCUT2D eigenvalue weighted by molar-refractivity contribution is 9.09. The largest absolute Gasteiger partial charge is 0.289 e. The SMILES string of the molecule is CC(C)(CCBr)c1ccc(-c2ccccc2NS(=O)O)cc1. The van der Waals surface area contributed by atoms with Crippen molar-refractivity contribution in [2.75, 3.05) is 10.1 Å². The highest BCUT2D eigenvalue weighted by Crippen LogP contribution is 2.32. The van der Waals surface area contributed by atoms with Crippen molar-refractivity contribution in [1.82, 2.24) is 0 Å². The number of halogens is 1. The Kier molecular flexibility index (Phi) is 5.78. The molecule has 118 valence electrons. The fraction of sp³-hybridized carbons (Fsp3) is 0.294. The molecule has 0 aliphatic carbocycles. The van der Waals surface area contributed by atoms with E-state index in [9.17, 15) is 4.21 Å². The zero-order valence-corrected chi connectivity index (χ0v) is 15.1. The van der Waals surface area contributed by atoms with Crippen molar-refractivity contribution < 1.29 is 8.76 Å². The van der Waals surface area contributed by atoms with Crippen LogP contribution >= 0.6 is 15.9 Å². The quantitative estimate of drug-likeness (QED) is 0.548. The molecule has 0 aromatic heterocycles. The van der Waals surface area contributed by atoms with Crippen molar-refractivity contribution in [3.05, 3.63) is 54.1 Å². The van der Waals surface area contributed by atoms with E-state index in [1.807, 2.05) is 18.2 Å². The summed E-state index contributed by atoms with van der Waals surface area (Å²) in [5.74, 6) is 0. The molecule has 1 atom stereocenters. The van der Waals surface area contributed by atoms with Crippen molar-refractivity contribution in [3.8, 4) is 11.1 Å². The minimum Gasteiger partial charge on any atom is -0.289 e. The van der Waals surface area contributed by atoms with Crippen LogP contribution in [0.2, 0.25) is 0 Å². The van der Waals surface area contributed by atoms with Crippen LogP contribution in [-0.4, -0.2) is 14.1 Å². The van der Waals surface area contributed by atoms with Gasteiger partial charge in [-0.1, -0.05) is 72.2 Å². The second-order valence-electron chi connectivity index (χ2n) is 5.80. The molecule has 0 heterocycles. The van der Waals surface area contributed by atoms with Crippen LogP contribution in [0.15, 0.2) is 48.5 Å². The zero-order valence-electron chi connectivity index (χ0n) is 12.7. The van der Waals surface area contributed by atoms with E-state index in [0.717, 1.165) is 22.9 Å². The van der Waals surface area contributed by atoms with E-state index < -0.39 is 11.3 Å². The molecular formula is C17H20BrNO2S. The van der Waals surface area contributed by atoms with Gasteiger partial charge in [-0.2, -0.15) is 0 Å². The van der Waals surface area contributed by atoms with Crippen LogP contribution < -0.4 is 4.72 Å². The van der Waals surface area contributed by atoms with Crippen LogP contribution in [0.5, 0.6) is 0 Å². The molecule has 0 fully saturated rings. The second-order valence-corrected chi connectivity index (χ2v) is 7.29. The molecule has 1 unspecified atom stereocenters. The maximum atomic E-state index is 11.0. The lowest BCUT2D eigenvalue weighted by Gasteiger charge is -2.24. The van der Waals surface area contributed by atoms with Gasteiger partial charge in [0.2, 0.25) is 0 Å². The molecule has 0 saturated carbocycles. The van der Waals surface area contributed by atoms with Crippen molar-refractivity contribution >= 4 is 32.9 Å². The van der Waals surface area contributed by atoms with Crippen LogP contribution in [0.3, 0.4) is 0 Å².